The van der Waals surface area contributed by atoms with Gasteiger partial charge < -0.3 is 10.1 Å². The summed E-state index contributed by atoms with van der Waals surface area (Å²) in [5.74, 6) is -0.174. The van der Waals surface area contributed by atoms with E-state index in [0.717, 1.165) is 5.56 Å². The molecule has 108 valence electrons. The van der Waals surface area contributed by atoms with Crippen molar-refractivity contribution in [2.75, 3.05) is 13.2 Å². The standard InChI is InChI=1S/C14H17ClN2O3/c1-2-12-13(18)17(14(19)16-12)7-8-20-9-10-3-5-11(15)6-4-10/h3-6,12H,2,7-9H2,1H3,(H,16,19)/t12-/m1/s1. The first kappa shape index (κ1) is 14.8. The second-order valence-electron chi connectivity index (χ2n) is 4.58. The molecule has 6 heteroatoms. The average molecular weight is 297 g/mol. The van der Waals surface area contributed by atoms with Crippen LogP contribution in [0.15, 0.2) is 24.3 Å². The number of ether oxygens (including phenoxy) is 1. The molecule has 1 aromatic rings. The molecule has 1 fully saturated rings. The maximum atomic E-state index is 11.8. The van der Waals surface area contributed by atoms with Gasteiger partial charge in [-0.1, -0.05) is 30.7 Å². The topological polar surface area (TPSA) is 58.6 Å². The summed E-state index contributed by atoms with van der Waals surface area (Å²) < 4.78 is 5.47. The highest BCUT2D eigenvalue weighted by molar-refractivity contribution is 6.30. The fourth-order valence-corrected chi connectivity index (χ4v) is 2.12. The summed E-state index contributed by atoms with van der Waals surface area (Å²) >= 11 is 5.79. The van der Waals surface area contributed by atoms with Crippen molar-refractivity contribution >= 4 is 23.5 Å². The van der Waals surface area contributed by atoms with Crippen LogP contribution in [0.3, 0.4) is 0 Å². The van der Waals surface area contributed by atoms with Gasteiger partial charge in [0.15, 0.2) is 0 Å². The number of nitrogens with zero attached hydrogens (tertiary/aromatic N) is 1. The molecule has 1 heterocycles. The Hall–Kier alpha value is -1.59. The highest BCUT2D eigenvalue weighted by atomic mass is 35.5. The molecule has 1 aliphatic rings. The lowest BCUT2D eigenvalue weighted by molar-refractivity contribution is -0.128. The molecule has 0 radical (unpaired) electrons. The SMILES string of the molecule is CC[C@H]1NC(=O)N(CCOCc2ccc(Cl)cc2)C1=O. The number of hydrogen-bond acceptors (Lipinski definition) is 3. The fraction of sp³-hybridized carbons (Fsp3) is 0.429. The van der Waals surface area contributed by atoms with E-state index in [1.165, 1.54) is 4.90 Å². The van der Waals surface area contributed by atoms with Crippen LogP contribution in [0.4, 0.5) is 4.79 Å². The van der Waals surface area contributed by atoms with E-state index in [4.69, 9.17) is 16.3 Å². The minimum absolute atomic E-state index is 0.174. The first-order valence-electron chi connectivity index (χ1n) is 6.56. The van der Waals surface area contributed by atoms with Crippen LogP contribution in [0.25, 0.3) is 0 Å². The summed E-state index contributed by atoms with van der Waals surface area (Å²) in [6, 6.07) is 6.62. The molecule has 1 aromatic carbocycles. The monoisotopic (exact) mass is 296 g/mol. The molecule has 1 saturated heterocycles. The number of halogens is 1. The van der Waals surface area contributed by atoms with E-state index >= 15 is 0 Å². The molecule has 0 aliphatic carbocycles. The molecule has 20 heavy (non-hydrogen) atoms. The van der Waals surface area contributed by atoms with Crippen LogP contribution in [-0.2, 0) is 16.1 Å². The van der Waals surface area contributed by atoms with Crippen LogP contribution >= 0.6 is 11.6 Å². The van der Waals surface area contributed by atoms with Crippen molar-refractivity contribution in [1.82, 2.24) is 10.2 Å². The van der Waals surface area contributed by atoms with Crippen molar-refractivity contribution < 1.29 is 14.3 Å². The first-order chi connectivity index (χ1) is 9.61. The van der Waals surface area contributed by atoms with Gasteiger partial charge in [-0.25, -0.2) is 4.79 Å². The summed E-state index contributed by atoms with van der Waals surface area (Å²) in [6.07, 6.45) is 0.604. The largest absolute Gasteiger partial charge is 0.375 e. The molecule has 0 unspecified atom stereocenters. The lowest BCUT2D eigenvalue weighted by Crippen LogP contribution is -2.34. The van der Waals surface area contributed by atoms with E-state index in [1.54, 1.807) is 12.1 Å². The van der Waals surface area contributed by atoms with Gasteiger partial charge >= 0.3 is 6.03 Å². The molecule has 5 nitrogen and oxygen atoms in total. The summed E-state index contributed by atoms with van der Waals surface area (Å²) in [5.41, 5.74) is 0.998. The number of imide groups is 1. The zero-order valence-electron chi connectivity index (χ0n) is 11.3. The first-order valence-corrected chi connectivity index (χ1v) is 6.93. The smallest absolute Gasteiger partial charge is 0.324 e. The predicted octanol–water partition coefficient (Wildman–Crippen LogP) is 2.19. The van der Waals surface area contributed by atoms with Crippen molar-refractivity contribution in [2.24, 2.45) is 0 Å². The third kappa shape index (κ3) is 3.49. The van der Waals surface area contributed by atoms with Gasteiger partial charge in [0.25, 0.3) is 5.91 Å². The Kier molecular flexibility index (Phi) is 4.98. The molecule has 0 bridgehead atoms. The summed E-state index contributed by atoms with van der Waals surface area (Å²) in [7, 11) is 0. The Morgan fingerprint density at radius 3 is 2.60 bits per heavy atom. The van der Waals surface area contributed by atoms with Gasteiger partial charge in [-0.05, 0) is 24.1 Å². The van der Waals surface area contributed by atoms with Crippen LogP contribution in [0, 0.1) is 0 Å². The Morgan fingerprint density at radius 1 is 1.30 bits per heavy atom. The molecule has 0 saturated carbocycles. The number of rotatable bonds is 6. The lowest BCUT2D eigenvalue weighted by Gasteiger charge is -2.13. The maximum absolute atomic E-state index is 11.8. The van der Waals surface area contributed by atoms with E-state index in [2.05, 4.69) is 5.32 Å². The zero-order chi connectivity index (χ0) is 14.5. The van der Waals surface area contributed by atoms with Gasteiger partial charge in [-0.15, -0.1) is 0 Å². The molecule has 0 spiro atoms. The Labute approximate surface area is 122 Å². The van der Waals surface area contributed by atoms with Crippen molar-refractivity contribution in [1.29, 1.82) is 0 Å². The van der Waals surface area contributed by atoms with Crippen LogP contribution in [-0.4, -0.2) is 36.0 Å². The van der Waals surface area contributed by atoms with Gasteiger partial charge in [0, 0.05) is 5.02 Å². The van der Waals surface area contributed by atoms with Gasteiger partial charge in [-0.2, -0.15) is 0 Å². The zero-order valence-corrected chi connectivity index (χ0v) is 12.0. The molecule has 1 N–H and O–H groups in total. The van der Waals surface area contributed by atoms with E-state index < -0.39 is 6.04 Å². The Morgan fingerprint density at radius 2 is 2.00 bits per heavy atom. The van der Waals surface area contributed by atoms with Crippen LogP contribution in [0.1, 0.15) is 18.9 Å². The van der Waals surface area contributed by atoms with Crippen LogP contribution in [0.2, 0.25) is 5.02 Å². The lowest BCUT2D eigenvalue weighted by atomic mass is 10.2. The van der Waals surface area contributed by atoms with E-state index in [1.807, 2.05) is 19.1 Å². The van der Waals surface area contributed by atoms with E-state index in [-0.39, 0.29) is 18.5 Å². The minimum atomic E-state index is -0.390. The second kappa shape index (κ2) is 6.72. The van der Waals surface area contributed by atoms with Gasteiger partial charge in [0.1, 0.15) is 6.04 Å². The summed E-state index contributed by atoms with van der Waals surface area (Å²) in [5, 5.41) is 3.31. The van der Waals surface area contributed by atoms with Crippen molar-refractivity contribution in [3.63, 3.8) is 0 Å². The number of nitrogens with one attached hydrogen (secondary N) is 1. The van der Waals surface area contributed by atoms with Crippen molar-refractivity contribution in [3.05, 3.63) is 34.9 Å². The quantitative estimate of drug-likeness (QED) is 0.646. The third-order valence-corrected chi connectivity index (χ3v) is 3.41. The van der Waals surface area contributed by atoms with Gasteiger partial charge in [-0.3, -0.25) is 9.69 Å². The van der Waals surface area contributed by atoms with Crippen molar-refractivity contribution in [3.8, 4) is 0 Å². The molecule has 0 aromatic heterocycles. The molecule has 3 amide bonds. The maximum Gasteiger partial charge on any atom is 0.324 e. The molecular formula is C14H17ClN2O3. The second-order valence-corrected chi connectivity index (χ2v) is 5.02. The highest BCUT2D eigenvalue weighted by Gasteiger charge is 2.36. The summed E-state index contributed by atoms with van der Waals surface area (Å²) in [4.78, 5) is 24.6. The number of benzene rings is 1. The predicted molar refractivity (Wildman–Crippen MR) is 75.4 cm³/mol. The molecule has 1 atom stereocenters. The molecule has 2 rings (SSSR count). The van der Waals surface area contributed by atoms with E-state index in [9.17, 15) is 9.59 Å². The number of carbonyl (C=O) groups excluding carboxylic acids is 2. The normalized spacial score (nSPS) is 18.5. The number of amides is 3. The average Bonchev–Trinajstić information content (AvgIpc) is 2.72. The van der Waals surface area contributed by atoms with Crippen LogP contribution in [0.5, 0.6) is 0 Å². The molecule has 1 aliphatic heterocycles. The molecular weight excluding hydrogens is 280 g/mol. The summed E-state index contributed by atoms with van der Waals surface area (Å²) in [6.45, 7) is 2.88. The van der Waals surface area contributed by atoms with Gasteiger partial charge in [0.2, 0.25) is 0 Å². The minimum Gasteiger partial charge on any atom is -0.375 e. The third-order valence-electron chi connectivity index (χ3n) is 3.16. The Balaban J connectivity index is 1.75. The van der Waals surface area contributed by atoms with Crippen LogP contribution < -0.4 is 5.32 Å². The Bertz CT molecular complexity index is 490. The highest BCUT2D eigenvalue weighted by Crippen LogP contribution is 2.11. The number of urea groups is 1. The van der Waals surface area contributed by atoms with Gasteiger partial charge in [0.05, 0.1) is 19.8 Å². The number of carbonyl (C=O) groups is 2. The van der Waals surface area contributed by atoms with Crippen molar-refractivity contribution in [2.45, 2.75) is 26.0 Å². The number of hydrogen-bond donors (Lipinski definition) is 1. The fourth-order valence-electron chi connectivity index (χ4n) is 1.99. The van der Waals surface area contributed by atoms with E-state index in [0.29, 0.717) is 24.7 Å².